The smallest absolute Gasteiger partial charge is 0.339 e. The molecule has 26 heavy (non-hydrogen) atoms. The number of cyclic esters (lactones) is 1. The molecule has 4 heteroatoms. The van der Waals surface area contributed by atoms with Gasteiger partial charge < -0.3 is 9.47 Å². The number of rotatable bonds is 3. The van der Waals surface area contributed by atoms with Crippen molar-refractivity contribution in [2.45, 2.75) is 6.61 Å². The van der Waals surface area contributed by atoms with Gasteiger partial charge >= 0.3 is 11.9 Å². The fourth-order valence-electron chi connectivity index (χ4n) is 3.37. The molecule has 4 rings (SSSR count). The standard InChI is InChI=1S/C22H16O4/c1-25-21(23)17-12-16-13-26-22(24)20(16)19(15-10-6-3-7-11-15)18(17)14-8-4-2-5-9-14/h2-12H,13H2,1H3. The highest BCUT2D eigenvalue weighted by atomic mass is 16.5. The predicted molar refractivity (Wildman–Crippen MR) is 97.8 cm³/mol. The quantitative estimate of drug-likeness (QED) is 0.658. The van der Waals surface area contributed by atoms with E-state index in [1.807, 2.05) is 60.7 Å². The molecule has 0 amide bonds. The molecule has 0 unspecified atom stereocenters. The van der Waals surface area contributed by atoms with E-state index in [0.717, 1.165) is 11.1 Å². The number of benzene rings is 3. The first-order chi connectivity index (χ1) is 12.7. The summed E-state index contributed by atoms with van der Waals surface area (Å²) in [5.74, 6) is -0.810. The summed E-state index contributed by atoms with van der Waals surface area (Å²) < 4.78 is 10.3. The van der Waals surface area contributed by atoms with Crippen LogP contribution in [0.1, 0.15) is 26.3 Å². The Bertz CT molecular complexity index is 992. The molecule has 0 radical (unpaired) electrons. The summed E-state index contributed by atoms with van der Waals surface area (Å²) in [6.45, 7) is 0.160. The van der Waals surface area contributed by atoms with Gasteiger partial charge in [-0.3, -0.25) is 0 Å². The summed E-state index contributed by atoms with van der Waals surface area (Å²) in [6, 6.07) is 20.8. The maximum atomic E-state index is 12.5. The summed E-state index contributed by atoms with van der Waals surface area (Å²) in [7, 11) is 1.36. The molecule has 3 aromatic rings. The molecular formula is C22H16O4. The van der Waals surface area contributed by atoms with Gasteiger partial charge in [-0.05, 0) is 17.2 Å². The van der Waals surface area contributed by atoms with E-state index in [-0.39, 0.29) is 12.6 Å². The highest BCUT2D eigenvalue weighted by Gasteiger charge is 2.31. The summed E-state index contributed by atoms with van der Waals surface area (Å²) in [6.07, 6.45) is 0. The van der Waals surface area contributed by atoms with Crippen molar-refractivity contribution in [1.82, 2.24) is 0 Å². The molecule has 0 saturated carbocycles. The van der Waals surface area contributed by atoms with Gasteiger partial charge in [0.2, 0.25) is 0 Å². The van der Waals surface area contributed by atoms with Gasteiger partial charge in [0.25, 0.3) is 0 Å². The van der Waals surface area contributed by atoms with Gasteiger partial charge in [0.15, 0.2) is 0 Å². The molecule has 0 fully saturated rings. The van der Waals surface area contributed by atoms with Gasteiger partial charge in [-0.25, -0.2) is 9.59 Å². The number of fused-ring (bicyclic) bond motifs is 1. The van der Waals surface area contributed by atoms with Crippen LogP contribution in [0.25, 0.3) is 22.3 Å². The van der Waals surface area contributed by atoms with Gasteiger partial charge in [-0.2, -0.15) is 0 Å². The van der Waals surface area contributed by atoms with Gasteiger partial charge in [-0.1, -0.05) is 60.7 Å². The summed E-state index contributed by atoms with van der Waals surface area (Å²) >= 11 is 0. The Hall–Kier alpha value is -3.40. The third kappa shape index (κ3) is 2.56. The van der Waals surface area contributed by atoms with E-state index in [1.165, 1.54) is 7.11 Å². The van der Waals surface area contributed by atoms with Crippen LogP contribution in [0.2, 0.25) is 0 Å². The third-order valence-electron chi connectivity index (χ3n) is 4.50. The van der Waals surface area contributed by atoms with Crippen LogP contribution in [0.3, 0.4) is 0 Å². The average Bonchev–Trinajstić information content (AvgIpc) is 3.08. The van der Waals surface area contributed by atoms with Crippen molar-refractivity contribution < 1.29 is 19.1 Å². The minimum Gasteiger partial charge on any atom is -0.465 e. The highest BCUT2D eigenvalue weighted by Crippen LogP contribution is 2.42. The number of carbonyl (C=O) groups is 2. The first kappa shape index (κ1) is 16.1. The zero-order valence-electron chi connectivity index (χ0n) is 14.2. The molecule has 0 atom stereocenters. The number of esters is 2. The van der Waals surface area contributed by atoms with Gasteiger partial charge in [0.05, 0.1) is 18.2 Å². The van der Waals surface area contributed by atoms with E-state index in [4.69, 9.17) is 9.47 Å². The first-order valence-corrected chi connectivity index (χ1v) is 8.27. The fraction of sp³-hybridized carbons (Fsp3) is 0.0909. The summed E-state index contributed by atoms with van der Waals surface area (Å²) in [5, 5.41) is 0. The second-order valence-corrected chi connectivity index (χ2v) is 6.01. The minimum atomic E-state index is -0.441. The molecular weight excluding hydrogens is 328 g/mol. The van der Waals surface area contributed by atoms with Crippen LogP contribution in [-0.2, 0) is 16.1 Å². The second kappa shape index (κ2) is 6.48. The molecule has 0 bridgehead atoms. The van der Waals surface area contributed by atoms with E-state index in [1.54, 1.807) is 6.07 Å². The summed E-state index contributed by atoms with van der Waals surface area (Å²) in [5.41, 5.74) is 4.73. The average molecular weight is 344 g/mol. The molecule has 128 valence electrons. The molecule has 3 aromatic carbocycles. The molecule has 0 aliphatic carbocycles. The van der Waals surface area contributed by atoms with E-state index >= 15 is 0 Å². The maximum Gasteiger partial charge on any atom is 0.339 e. The molecule has 0 saturated heterocycles. The van der Waals surface area contributed by atoms with Crippen molar-refractivity contribution in [2.75, 3.05) is 7.11 Å². The Morgan fingerprint density at radius 3 is 2.04 bits per heavy atom. The van der Waals surface area contributed by atoms with Gasteiger partial charge in [-0.15, -0.1) is 0 Å². The largest absolute Gasteiger partial charge is 0.465 e. The Labute approximate surface area is 151 Å². The van der Waals surface area contributed by atoms with E-state index in [0.29, 0.717) is 27.8 Å². The van der Waals surface area contributed by atoms with Crippen molar-refractivity contribution in [3.8, 4) is 22.3 Å². The van der Waals surface area contributed by atoms with Crippen molar-refractivity contribution in [3.05, 3.63) is 83.4 Å². The van der Waals surface area contributed by atoms with Crippen LogP contribution >= 0.6 is 0 Å². The van der Waals surface area contributed by atoms with Crippen molar-refractivity contribution in [3.63, 3.8) is 0 Å². The van der Waals surface area contributed by atoms with E-state index in [9.17, 15) is 9.59 Å². The minimum absolute atomic E-state index is 0.160. The molecule has 1 aliphatic heterocycles. The van der Waals surface area contributed by atoms with E-state index < -0.39 is 5.97 Å². The first-order valence-electron chi connectivity index (χ1n) is 8.27. The lowest BCUT2D eigenvalue weighted by atomic mass is 9.85. The second-order valence-electron chi connectivity index (χ2n) is 6.01. The number of methoxy groups -OCH3 is 1. The van der Waals surface area contributed by atoms with Crippen LogP contribution in [0.5, 0.6) is 0 Å². The van der Waals surface area contributed by atoms with Crippen molar-refractivity contribution in [1.29, 1.82) is 0 Å². The predicted octanol–water partition coefficient (Wildman–Crippen LogP) is 4.48. The topological polar surface area (TPSA) is 52.6 Å². The Morgan fingerprint density at radius 1 is 0.885 bits per heavy atom. The molecule has 0 spiro atoms. The molecule has 4 nitrogen and oxygen atoms in total. The van der Waals surface area contributed by atoms with Gasteiger partial charge in [0, 0.05) is 16.7 Å². The lowest BCUT2D eigenvalue weighted by molar-refractivity contribution is 0.0535. The monoisotopic (exact) mass is 344 g/mol. The maximum absolute atomic E-state index is 12.5. The number of ether oxygens (including phenoxy) is 2. The molecule has 1 aliphatic rings. The Balaban J connectivity index is 2.15. The lowest BCUT2D eigenvalue weighted by Gasteiger charge is -2.17. The SMILES string of the molecule is COC(=O)c1cc2c(c(-c3ccccc3)c1-c1ccccc1)C(=O)OC2. The lowest BCUT2D eigenvalue weighted by Crippen LogP contribution is -2.09. The van der Waals surface area contributed by atoms with Crippen LogP contribution in [-0.4, -0.2) is 19.0 Å². The highest BCUT2D eigenvalue weighted by molar-refractivity contribution is 6.10. The molecule has 1 heterocycles. The van der Waals surface area contributed by atoms with Crippen molar-refractivity contribution >= 4 is 11.9 Å². The zero-order chi connectivity index (χ0) is 18.1. The van der Waals surface area contributed by atoms with Crippen LogP contribution in [0, 0.1) is 0 Å². The zero-order valence-corrected chi connectivity index (χ0v) is 14.2. The van der Waals surface area contributed by atoms with Crippen LogP contribution in [0.4, 0.5) is 0 Å². The summed E-state index contributed by atoms with van der Waals surface area (Å²) in [4.78, 5) is 25.0. The van der Waals surface area contributed by atoms with Gasteiger partial charge in [0.1, 0.15) is 6.61 Å². The molecule has 0 N–H and O–H groups in total. The molecule has 0 aromatic heterocycles. The Kier molecular flexibility index (Phi) is 4.01. The Morgan fingerprint density at radius 2 is 1.46 bits per heavy atom. The number of hydrogen-bond acceptors (Lipinski definition) is 4. The normalized spacial score (nSPS) is 12.4. The number of carbonyl (C=O) groups excluding carboxylic acids is 2. The van der Waals surface area contributed by atoms with Crippen LogP contribution in [0.15, 0.2) is 66.7 Å². The number of hydrogen-bond donors (Lipinski definition) is 0. The van der Waals surface area contributed by atoms with Crippen LogP contribution < -0.4 is 0 Å². The van der Waals surface area contributed by atoms with Crippen molar-refractivity contribution in [2.24, 2.45) is 0 Å². The van der Waals surface area contributed by atoms with E-state index in [2.05, 4.69) is 0 Å². The third-order valence-corrected chi connectivity index (χ3v) is 4.50. The fourth-order valence-corrected chi connectivity index (χ4v) is 3.37.